The molecule has 2 rings (SSSR count). The molecular formula is C18H28N2O2. The van der Waals surface area contributed by atoms with E-state index in [1.165, 1.54) is 12.8 Å². The minimum Gasteiger partial charge on any atom is -0.394 e. The average molecular weight is 304 g/mol. The van der Waals surface area contributed by atoms with Crippen molar-refractivity contribution in [1.29, 1.82) is 0 Å². The summed E-state index contributed by atoms with van der Waals surface area (Å²) >= 11 is 0. The lowest BCUT2D eigenvalue weighted by atomic mass is 10.1. The third-order valence-electron chi connectivity index (χ3n) is 4.47. The predicted octanol–water partition coefficient (Wildman–Crippen LogP) is 2.67. The summed E-state index contributed by atoms with van der Waals surface area (Å²) in [6, 6.07) is 9.92. The summed E-state index contributed by atoms with van der Waals surface area (Å²) in [5.41, 5.74) is 1.01. The van der Waals surface area contributed by atoms with Crippen LogP contribution >= 0.6 is 0 Å². The summed E-state index contributed by atoms with van der Waals surface area (Å²) in [5.74, 6) is 0.178. The molecule has 1 aromatic carbocycles. The molecule has 0 saturated carbocycles. The fraction of sp³-hybridized carbons (Fsp3) is 0.611. The van der Waals surface area contributed by atoms with Gasteiger partial charge in [0.15, 0.2) is 0 Å². The van der Waals surface area contributed by atoms with Gasteiger partial charge in [0, 0.05) is 18.8 Å². The highest BCUT2D eigenvalue weighted by Gasteiger charge is 2.23. The Hall–Kier alpha value is -1.55. The number of likely N-dealkylation sites (tertiary alicyclic amines) is 1. The fourth-order valence-corrected chi connectivity index (χ4v) is 3.06. The number of rotatable bonds is 6. The molecule has 1 heterocycles. The molecule has 1 atom stereocenters. The van der Waals surface area contributed by atoms with Gasteiger partial charge in [0.25, 0.3) is 0 Å². The molecule has 1 unspecified atom stereocenters. The molecule has 0 spiro atoms. The number of amides is 1. The molecule has 0 radical (unpaired) electrons. The van der Waals surface area contributed by atoms with Crippen molar-refractivity contribution < 1.29 is 9.90 Å². The Labute approximate surface area is 133 Å². The predicted molar refractivity (Wildman–Crippen MR) is 90.0 cm³/mol. The second-order valence-corrected chi connectivity index (χ2v) is 6.00. The molecule has 0 aliphatic carbocycles. The van der Waals surface area contributed by atoms with Crippen molar-refractivity contribution in [3.05, 3.63) is 30.3 Å². The van der Waals surface area contributed by atoms with Gasteiger partial charge in [-0.25, -0.2) is 0 Å². The number of carbonyl (C=O) groups excluding carboxylic acids is 1. The molecule has 1 amide bonds. The quantitative estimate of drug-likeness (QED) is 0.879. The van der Waals surface area contributed by atoms with Gasteiger partial charge in [0.05, 0.1) is 19.2 Å². The van der Waals surface area contributed by atoms with E-state index >= 15 is 0 Å². The Morgan fingerprint density at radius 3 is 2.36 bits per heavy atom. The van der Waals surface area contributed by atoms with Gasteiger partial charge in [-0.2, -0.15) is 0 Å². The minimum absolute atomic E-state index is 0.0154. The second kappa shape index (κ2) is 8.79. The molecule has 4 nitrogen and oxygen atoms in total. The molecular weight excluding hydrogens is 276 g/mol. The number of anilines is 1. The zero-order valence-electron chi connectivity index (χ0n) is 13.6. The van der Waals surface area contributed by atoms with Crippen LogP contribution in [-0.2, 0) is 4.79 Å². The van der Waals surface area contributed by atoms with Crippen LogP contribution in [0.2, 0.25) is 0 Å². The Bertz CT molecular complexity index is 438. The van der Waals surface area contributed by atoms with E-state index < -0.39 is 0 Å². The molecule has 0 bridgehead atoms. The van der Waals surface area contributed by atoms with Gasteiger partial charge in [-0.15, -0.1) is 0 Å². The Morgan fingerprint density at radius 2 is 1.82 bits per heavy atom. The standard InChI is InChI=1S/C18H28N2O2/c1-2-16(15-21)20(17-10-6-5-7-11-17)14-18(22)19-12-8-3-4-9-13-19/h5-7,10-11,16,21H,2-4,8-9,12-15H2,1H3. The van der Waals surface area contributed by atoms with Crippen LogP contribution in [0.3, 0.4) is 0 Å². The van der Waals surface area contributed by atoms with Crippen molar-refractivity contribution in [3.8, 4) is 0 Å². The average Bonchev–Trinajstić information content (AvgIpc) is 2.85. The fourth-order valence-electron chi connectivity index (χ4n) is 3.06. The molecule has 1 aromatic rings. The van der Waals surface area contributed by atoms with E-state index in [-0.39, 0.29) is 18.6 Å². The Balaban J connectivity index is 2.10. The lowest BCUT2D eigenvalue weighted by Crippen LogP contribution is -2.46. The highest BCUT2D eigenvalue weighted by Crippen LogP contribution is 2.19. The van der Waals surface area contributed by atoms with E-state index in [1.807, 2.05) is 47.1 Å². The van der Waals surface area contributed by atoms with Gasteiger partial charge >= 0.3 is 0 Å². The SMILES string of the molecule is CCC(CO)N(CC(=O)N1CCCCCC1)c1ccccc1. The zero-order chi connectivity index (χ0) is 15.8. The number of aliphatic hydroxyl groups is 1. The van der Waals surface area contributed by atoms with Crippen LogP contribution in [0.1, 0.15) is 39.0 Å². The maximum Gasteiger partial charge on any atom is 0.242 e. The summed E-state index contributed by atoms with van der Waals surface area (Å²) in [6.07, 6.45) is 5.47. The maximum absolute atomic E-state index is 12.7. The Morgan fingerprint density at radius 1 is 1.18 bits per heavy atom. The Kier molecular flexibility index (Phi) is 6.72. The summed E-state index contributed by atoms with van der Waals surface area (Å²) in [6.45, 7) is 4.21. The van der Waals surface area contributed by atoms with Gasteiger partial charge in [-0.3, -0.25) is 4.79 Å². The first-order chi connectivity index (χ1) is 10.8. The van der Waals surface area contributed by atoms with Crippen LogP contribution in [0, 0.1) is 0 Å². The van der Waals surface area contributed by atoms with Gasteiger partial charge < -0.3 is 14.9 Å². The van der Waals surface area contributed by atoms with Crippen molar-refractivity contribution >= 4 is 11.6 Å². The molecule has 1 saturated heterocycles. The number of benzene rings is 1. The number of aliphatic hydroxyl groups excluding tert-OH is 1. The van der Waals surface area contributed by atoms with Gasteiger partial charge in [0.2, 0.25) is 5.91 Å². The van der Waals surface area contributed by atoms with Crippen LogP contribution in [0.5, 0.6) is 0 Å². The van der Waals surface area contributed by atoms with Gasteiger partial charge in [-0.1, -0.05) is 38.0 Å². The second-order valence-electron chi connectivity index (χ2n) is 6.00. The molecule has 1 aliphatic rings. The normalized spacial score (nSPS) is 16.9. The highest BCUT2D eigenvalue weighted by molar-refractivity contribution is 5.81. The largest absolute Gasteiger partial charge is 0.394 e. The summed E-state index contributed by atoms with van der Waals surface area (Å²) in [5, 5.41) is 9.66. The topological polar surface area (TPSA) is 43.8 Å². The summed E-state index contributed by atoms with van der Waals surface area (Å²) in [4.78, 5) is 16.7. The smallest absolute Gasteiger partial charge is 0.242 e. The number of hydrogen-bond acceptors (Lipinski definition) is 3. The van der Waals surface area contributed by atoms with E-state index in [4.69, 9.17) is 0 Å². The van der Waals surface area contributed by atoms with E-state index in [9.17, 15) is 9.90 Å². The number of nitrogens with zero attached hydrogens (tertiary/aromatic N) is 2. The monoisotopic (exact) mass is 304 g/mol. The van der Waals surface area contributed by atoms with Gasteiger partial charge in [0.1, 0.15) is 0 Å². The number of carbonyl (C=O) groups is 1. The molecule has 4 heteroatoms. The van der Waals surface area contributed by atoms with Crippen LogP contribution in [0.4, 0.5) is 5.69 Å². The highest BCUT2D eigenvalue weighted by atomic mass is 16.3. The first-order valence-electron chi connectivity index (χ1n) is 8.46. The first-order valence-corrected chi connectivity index (χ1v) is 8.46. The third kappa shape index (κ3) is 4.47. The minimum atomic E-state index is -0.0154. The molecule has 0 aromatic heterocycles. The molecule has 1 fully saturated rings. The molecule has 1 N–H and O–H groups in total. The van der Waals surface area contributed by atoms with Crippen LogP contribution in [-0.4, -0.2) is 48.2 Å². The van der Waals surface area contributed by atoms with E-state index in [0.29, 0.717) is 6.54 Å². The lowest BCUT2D eigenvalue weighted by molar-refractivity contribution is -0.129. The van der Waals surface area contributed by atoms with E-state index in [2.05, 4.69) is 0 Å². The van der Waals surface area contributed by atoms with E-state index in [1.54, 1.807) is 0 Å². The van der Waals surface area contributed by atoms with Crippen molar-refractivity contribution in [2.24, 2.45) is 0 Å². The summed E-state index contributed by atoms with van der Waals surface area (Å²) in [7, 11) is 0. The molecule has 22 heavy (non-hydrogen) atoms. The van der Waals surface area contributed by atoms with Crippen LogP contribution in [0.15, 0.2) is 30.3 Å². The van der Waals surface area contributed by atoms with E-state index in [0.717, 1.165) is 38.0 Å². The molecule has 122 valence electrons. The lowest BCUT2D eigenvalue weighted by Gasteiger charge is -2.33. The first kappa shape index (κ1) is 16.8. The maximum atomic E-state index is 12.7. The van der Waals surface area contributed by atoms with Crippen LogP contribution in [0.25, 0.3) is 0 Å². The third-order valence-corrected chi connectivity index (χ3v) is 4.47. The summed E-state index contributed by atoms with van der Waals surface area (Å²) < 4.78 is 0. The zero-order valence-corrected chi connectivity index (χ0v) is 13.6. The van der Waals surface area contributed by atoms with Crippen molar-refractivity contribution in [3.63, 3.8) is 0 Å². The number of hydrogen-bond donors (Lipinski definition) is 1. The van der Waals surface area contributed by atoms with Crippen molar-refractivity contribution in [2.75, 3.05) is 31.1 Å². The number of para-hydroxylation sites is 1. The van der Waals surface area contributed by atoms with Crippen molar-refractivity contribution in [2.45, 2.75) is 45.1 Å². The molecule has 1 aliphatic heterocycles. The van der Waals surface area contributed by atoms with Crippen molar-refractivity contribution in [1.82, 2.24) is 4.90 Å². The van der Waals surface area contributed by atoms with Crippen LogP contribution < -0.4 is 4.90 Å². The van der Waals surface area contributed by atoms with Gasteiger partial charge in [-0.05, 0) is 31.4 Å².